The summed E-state index contributed by atoms with van der Waals surface area (Å²) in [6.45, 7) is -0.945. The van der Waals surface area contributed by atoms with E-state index in [1.165, 1.54) is 6.20 Å². The molecular formula is C12H12F3N3O. The van der Waals surface area contributed by atoms with Crippen molar-refractivity contribution in [1.82, 2.24) is 15.1 Å². The van der Waals surface area contributed by atoms with Crippen molar-refractivity contribution in [3.05, 3.63) is 40.8 Å². The van der Waals surface area contributed by atoms with Crippen LogP contribution in [0.1, 0.15) is 0 Å². The molecule has 0 radical (unpaired) electrons. The van der Waals surface area contributed by atoms with Crippen molar-refractivity contribution in [2.24, 2.45) is 0 Å². The van der Waals surface area contributed by atoms with Gasteiger partial charge in [0.15, 0.2) is 0 Å². The van der Waals surface area contributed by atoms with Crippen LogP contribution >= 0.6 is 0 Å². The van der Waals surface area contributed by atoms with E-state index < -0.39 is 12.7 Å². The van der Waals surface area contributed by atoms with Gasteiger partial charge in [0.2, 0.25) is 0 Å². The quantitative estimate of drug-likeness (QED) is 0.858. The number of aromatic nitrogens is 2. The lowest BCUT2D eigenvalue weighted by molar-refractivity contribution is -0.124. The van der Waals surface area contributed by atoms with Crippen molar-refractivity contribution in [2.45, 2.75) is 12.7 Å². The van der Waals surface area contributed by atoms with E-state index in [-0.39, 0.29) is 18.6 Å². The van der Waals surface area contributed by atoms with E-state index in [0.29, 0.717) is 10.8 Å². The molecular weight excluding hydrogens is 259 g/mol. The van der Waals surface area contributed by atoms with E-state index in [1.54, 1.807) is 24.3 Å². The Kier molecular flexibility index (Phi) is 3.84. The molecule has 0 aliphatic rings. The molecule has 2 aromatic rings. The maximum atomic E-state index is 12.0. The molecule has 0 spiro atoms. The molecule has 0 aliphatic carbocycles. The first kappa shape index (κ1) is 13.5. The van der Waals surface area contributed by atoms with Gasteiger partial charge in [-0.2, -0.15) is 18.3 Å². The van der Waals surface area contributed by atoms with Gasteiger partial charge < -0.3 is 5.32 Å². The zero-order valence-corrected chi connectivity index (χ0v) is 9.94. The van der Waals surface area contributed by atoms with E-state index >= 15 is 0 Å². The van der Waals surface area contributed by atoms with Gasteiger partial charge in [-0.15, -0.1) is 0 Å². The zero-order valence-electron chi connectivity index (χ0n) is 9.94. The summed E-state index contributed by atoms with van der Waals surface area (Å²) >= 11 is 0. The van der Waals surface area contributed by atoms with Crippen molar-refractivity contribution in [3.63, 3.8) is 0 Å². The molecule has 0 fully saturated rings. The Morgan fingerprint density at radius 3 is 2.74 bits per heavy atom. The lowest BCUT2D eigenvalue weighted by Crippen LogP contribution is -2.34. The highest BCUT2D eigenvalue weighted by Gasteiger charge is 2.25. The molecule has 4 nitrogen and oxygen atoms in total. The van der Waals surface area contributed by atoms with Crippen molar-refractivity contribution < 1.29 is 13.2 Å². The van der Waals surface area contributed by atoms with Gasteiger partial charge in [0, 0.05) is 11.9 Å². The van der Waals surface area contributed by atoms with Crippen LogP contribution in [0.4, 0.5) is 13.2 Å². The zero-order chi connectivity index (χ0) is 13.9. The number of alkyl halides is 3. The number of fused-ring (bicyclic) bond motifs is 1. The highest BCUT2D eigenvalue weighted by atomic mass is 19.4. The second-order valence-electron chi connectivity index (χ2n) is 4.05. The third-order valence-corrected chi connectivity index (χ3v) is 2.59. The summed E-state index contributed by atoms with van der Waals surface area (Å²) in [5, 5.41) is 7.37. The fourth-order valence-corrected chi connectivity index (χ4v) is 1.70. The molecule has 0 atom stereocenters. The molecule has 0 unspecified atom stereocenters. The minimum Gasteiger partial charge on any atom is -0.307 e. The third-order valence-electron chi connectivity index (χ3n) is 2.59. The highest BCUT2D eigenvalue weighted by Crippen LogP contribution is 2.11. The Labute approximate surface area is 106 Å². The first-order valence-corrected chi connectivity index (χ1v) is 5.70. The number of nitrogens with zero attached hydrogens (tertiary/aromatic N) is 2. The molecule has 1 aromatic heterocycles. The van der Waals surface area contributed by atoms with Crippen LogP contribution < -0.4 is 10.9 Å². The summed E-state index contributed by atoms with van der Waals surface area (Å²) in [6.07, 6.45) is -2.72. The fraction of sp³-hybridized carbons (Fsp3) is 0.333. The number of rotatable bonds is 4. The second-order valence-corrected chi connectivity index (χ2v) is 4.05. The summed E-state index contributed by atoms with van der Waals surface area (Å²) in [4.78, 5) is 12.0. The van der Waals surface area contributed by atoms with Crippen LogP contribution in [0.25, 0.3) is 10.8 Å². The normalized spacial score (nSPS) is 11.9. The summed E-state index contributed by atoms with van der Waals surface area (Å²) in [5.41, 5.74) is -0.299. The summed E-state index contributed by atoms with van der Waals surface area (Å²) in [6, 6.07) is 6.95. The summed E-state index contributed by atoms with van der Waals surface area (Å²) in [5.74, 6) is 0. The molecule has 1 heterocycles. The molecule has 0 amide bonds. The molecule has 7 heteroatoms. The molecule has 1 aromatic carbocycles. The molecule has 0 aliphatic heterocycles. The van der Waals surface area contributed by atoms with Crippen molar-refractivity contribution in [3.8, 4) is 0 Å². The van der Waals surface area contributed by atoms with E-state index in [4.69, 9.17) is 0 Å². The standard InChI is InChI=1S/C12H12F3N3O/c13-12(14,15)8-16-5-6-18-11(19)10-4-2-1-3-9(10)7-17-18/h1-4,7,16H,5-6,8H2. The summed E-state index contributed by atoms with van der Waals surface area (Å²) < 4.78 is 36.9. The Bertz CT molecular complexity index is 621. The van der Waals surface area contributed by atoms with Gasteiger partial charge in [-0.25, -0.2) is 4.68 Å². The highest BCUT2D eigenvalue weighted by molar-refractivity contribution is 5.80. The van der Waals surface area contributed by atoms with Crippen LogP contribution in [0.15, 0.2) is 35.3 Å². The number of hydrogen-bond donors (Lipinski definition) is 1. The van der Waals surface area contributed by atoms with Gasteiger partial charge in [-0.1, -0.05) is 18.2 Å². The van der Waals surface area contributed by atoms with Crippen LogP contribution in [-0.4, -0.2) is 29.0 Å². The predicted octanol–water partition coefficient (Wildman–Crippen LogP) is 1.55. The van der Waals surface area contributed by atoms with E-state index in [9.17, 15) is 18.0 Å². The van der Waals surface area contributed by atoms with Crippen LogP contribution in [0.5, 0.6) is 0 Å². The summed E-state index contributed by atoms with van der Waals surface area (Å²) in [7, 11) is 0. The molecule has 1 N–H and O–H groups in total. The Morgan fingerprint density at radius 1 is 1.26 bits per heavy atom. The minimum absolute atomic E-state index is 0.0325. The van der Waals surface area contributed by atoms with Crippen molar-refractivity contribution >= 4 is 10.8 Å². The van der Waals surface area contributed by atoms with E-state index in [1.807, 2.05) is 0 Å². The maximum Gasteiger partial charge on any atom is 0.401 e. The molecule has 2 rings (SSSR count). The van der Waals surface area contributed by atoms with Crippen molar-refractivity contribution in [1.29, 1.82) is 0 Å². The minimum atomic E-state index is -4.25. The Balaban J connectivity index is 2.06. The van der Waals surface area contributed by atoms with Gasteiger partial charge in [0.1, 0.15) is 0 Å². The van der Waals surface area contributed by atoms with Crippen LogP contribution in [-0.2, 0) is 6.54 Å². The topological polar surface area (TPSA) is 46.9 Å². The molecule has 0 saturated carbocycles. The average molecular weight is 271 g/mol. The van der Waals surface area contributed by atoms with Gasteiger partial charge in [-0.3, -0.25) is 4.79 Å². The number of hydrogen-bond acceptors (Lipinski definition) is 3. The first-order valence-electron chi connectivity index (χ1n) is 5.70. The largest absolute Gasteiger partial charge is 0.401 e. The average Bonchev–Trinajstić information content (AvgIpc) is 2.36. The van der Waals surface area contributed by atoms with Gasteiger partial charge in [0.05, 0.1) is 24.7 Å². The Hall–Kier alpha value is -1.89. The fourth-order valence-electron chi connectivity index (χ4n) is 1.70. The maximum absolute atomic E-state index is 12.0. The third kappa shape index (κ3) is 3.54. The lowest BCUT2D eigenvalue weighted by Gasteiger charge is -2.09. The van der Waals surface area contributed by atoms with Gasteiger partial charge in [-0.05, 0) is 6.07 Å². The lowest BCUT2D eigenvalue weighted by atomic mass is 10.2. The van der Waals surface area contributed by atoms with E-state index in [0.717, 1.165) is 4.68 Å². The van der Waals surface area contributed by atoms with Crippen LogP contribution in [0, 0.1) is 0 Å². The second kappa shape index (κ2) is 5.40. The van der Waals surface area contributed by atoms with Gasteiger partial charge in [0.25, 0.3) is 5.56 Å². The molecule has 0 saturated heterocycles. The number of benzene rings is 1. The SMILES string of the molecule is O=c1c2ccccc2cnn1CCNCC(F)(F)F. The van der Waals surface area contributed by atoms with Crippen LogP contribution in [0.3, 0.4) is 0 Å². The van der Waals surface area contributed by atoms with Crippen molar-refractivity contribution in [2.75, 3.05) is 13.1 Å². The molecule has 0 bridgehead atoms. The Morgan fingerprint density at radius 2 is 2.00 bits per heavy atom. The smallest absolute Gasteiger partial charge is 0.307 e. The number of nitrogens with one attached hydrogen (secondary N) is 1. The first-order chi connectivity index (χ1) is 8.97. The monoisotopic (exact) mass is 271 g/mol. The predicted molar refractivity (Wildman–Crippen MR) is 64.9 cm³/mol. The van der Waals surface area contributed by atoms with E-state index in [2.05, 4.69) is 10.4 Å². The number of halogens is 3. The molecule has 19 heavy (non-hydrogen) atoms. The molecule has 102 valence electrons. The van der Waals surface area contributed by atoms with Crippen LogP contribution in [0.2, 0.25) is 0 Å². The van der Waals surface area contributed by atoms with Gasteiger partial charge >= 0.3 is 6.18 Å².